The largest absolute Gasteiger partial charge is 0.472 e. The summed E-state index contributed by atoms with van der Waals surface area (Å²) in [5.41, 5.74) is 0. The maximum absolute atomic E-state index is 13.0. The molecular weight excluding hydrogens is 1020 g/mol. The molecule has 81 heavy (non-hydrogen) atoms. The van der Waals surface area contributed by atoms with Gasteiger partial charge in [-0.25, -0.2) is 4.57 Å². The van der Waals surface area contributed by atoms with E-state index in [1.54, 1.807) is 6.08 Å². The van der Waals surface area contributed by atoms with Crippen LogP contribution >= 0.6 is 7.82 Å². The molecule has 0 rings (SSSR count). The van der Waals surface area contributed by atoms with Gasteiger partial charge in [0.25, 0.3) is 0 Å². The third-order valence-electron chi connectivity index (χ3n) is 16.6. The van der Waals surface area contributed by atoms with Gasteiger partial charge in [-0.1, -0.05) is 352 Å². The maximum Gasteiger partial charge on any atom is 0.472 e. The molecule has 0 aliphatic carbocycles. The van der Waals surface area contributed by atoms with Crippen LogP contribution in [0.2, 0.25) is 0 Å². The second-order valence-electron chi connectivity index (χ2n) is 26.0. The van der Waals surface area contributed by atoms with Gasteiger partial charge in [-0.3, -0.25) is 13.8 Å². The number of nitrogens with zero attached hydrogens (tertiary/aromatic N) is 1. The van der Waals surface area contributed by atoms with Gasteiger partial charge in [-0.05, 0) is 44.9 Å². The summed E-state index contributed by atoms with van der Waals surface area (Å²) in [7, 11) is 1.56. The molecule has 0 aromatic carbocycles. The number of aliphatic hydroxyl groups excluding tert-OH is 1. The second-order valence-corrected chi connectivity index (χ2v) is 27.4. The van der Waals surface area contributed by atoms with Crippen LogP contribution in [0, 0.1) is 0 Å². The number of aliphatic hydroxyl groups is 1. The van der Waals surface area contributed by atoms with E-state index < -0.39 is 20.0 Å². The summed E-state index contributed by atoms with van der Waals surface area (Å²) in [6.45, 7) is 4.85. The zero-order chi connectivity index (χ0) is 59.1. The number of rotatable bonds is 67. The first-order valence-corrected chi connectivity index (χ1v) is 37.4. The molecule has 480 valence electrons. The van der Waals surface area contributed by atoms with Crippen molar-refractivity contribution < 1.29 is 32.9 Å². The van der Waals surface area contributed by atoms with Gasteiger partial charge >= 0.3 is 7.82 Å². The van der Waals surface area contributed by atoms with Crippen LogP contribution in [0.25, 0.3) is 0 Å². The summed E-state index contributed by atoms with van der Waals surface area (Å²) < 4.78 is 23.8. The molecule has 0 radical (unpaired) electrons. The van der Waals surface area contributed by atoms with Crippen LogP contribution in [0.15, 0.2) is 36.5 Å². The van der Waals surface area contributed by atoms with Crippen LogP contribution in [0.5, 0.6) is 0 Å². The van der Waals surface area contributed by atoms with Crippen molar-refractivity contribution in [2.24, 2.45) is 0 Å². The standard InChI is InChI=1S/C72H141N2O6P/c1-6-8-10-12-14-16-18-20-22-24-26-28-30-32-33-34-35-36-37-38-39-40-41-42-44-46-48-50-52-54-56-58-60-62-64-66-72(76)73-70(69-80-81(77,78)79-68-67-74(3,4)5)71(75)65-63-61-59-57-55-53-51-49-47-45-43-31-29-27-25-23-21-19-17-15-13-11-9-7-2/h47,49,55,57,63,65,70-71,75H,6-46,48,50-54,56,58-62,64,66-69H2,1-5H3,(H-,73,76,77,78)/p+1/b49-47+,57-55+,65-63+. The highest BCUT2D eigenvalue weighted by Crippen LogP contribution is 2.43. The Labute approximate surface area is 506 Å². The van der Waals surface area contributed by atoms with E-state index in [0.717, 1.165) is 44.9 Å². The predicted molar refractivity (Wildman–Crippen MR) is 355 cm³/mol. The van der Waals surface area contributed by atoms with Gasteiger partial charge in [0.15, 0.2) is 0 Å². The molecule has 9 heteroatoms. The van der Waals surface area contributed by atoms with Crippen molar-refractivity contribution in [2.45, 2.75) is 379 Å². The smallest absolute Gasteiger partial charge is 0.387 e. The van der Waals surface area contributed by atoms with Gasteiger partial charge in [0, 0.05) is 6.42 Å². The van der Waals surface area contributed by atoms with Crippen LogP contribution in [0.3, 0.4) is 0 Å². The number of phosphoric ester groups is 1. The lowest BCUT2D eigenvalue weighted by molar-refractivity contribution is -0.870. The number of unbranched alkanes of at least 4 members (excludes halogenated alkanes) is 50. The summed E-state index contributed by atoms with van der Waals surface area (Å²) in [6.07, 6.45) is 84.6. The van der Waals surface area contributed by atoms with E-state index in [2.05, 4.69) is 43.5 Å². The highest BCUT2D eigenvalue weighted by Gasteiger charge is 2.28. The first-order valence-electron chi connectivity index (χ1n) is 35.9. The number of nitrogens with one attached hydrogen (secondary N) is 1. The summed E-state index contributed by atoms with van der Waals surface area (Å²) in [6, 6.07) is -0.869. The van der Waals surface area contributed by atoms with Crippen molar-refractivity contribution in [3.8, 4) is 0 Å². The Balaban J connectivity index is 4.03. The van der Waals surface area contributed by atoms with Gasteiger partial charge in [0.1, 0.15) is 13.2 Å². The molecule has 0 aromatic heterocycles. The number of hydrogen-bond donors (Lipinski definition) is 3. The Hall–Kier alpha value is -1.28. The van der Waals surface area contributed by atoms with Gasteiger partial charge in [-0.15, -0.1) is 0 Å². The van der Waals surface area contributed by atoms with Crippen molar-refractivity contribution in [2.75, 3.05) is 40.9 Å². The van der Waals surface area contributed by atoms with Crippen LogP contribution in [-0.2, 0) is 18.4 Å². The number of hydrogen-bond acceptors (Lipinski definition) is 5. The minimum absolute atomic E-state index is 0.0554. The Morgan fingerprint density at radius 2 is 0.679 bits per heavy atom. The van der Waals surface area contributed by atoms with Crippen molar-refractivity contribution in [3.05, 3.63) is 36.5 Å². The molecule has 3 N–H and O–H groups in total. The molecule has 1 amide bonds. The monoisotopic (exact) mass is 1160 g/mol. The zero-order valence-electron chi connectivity index (χ0n) is 55.1. The van der Waals surface area contributed by atoms with Crippen molar-refractivity contribution in [3.63, 3.8) is 0 Å². The van der Waals surface area contributed by atoms with Crippen LogP contribution < -0.4 is 5.32 Å². The number of phosphoric acid groups is 1. The molecule has 8 nitrogen and oxygen atoms in total. The Morgan fingerprint density at radius 3 is 0.988 bits per heavy atom. The van der Waals surface area contributed by atoms with E-state index >= 15 is 0 Å². The summed E-state index contributed by atoms with van der Waals surface area (Å²) in [4.78, 5) is 23.4. The fourth-order valence-corrected chi connectivity index (χ4v) is 11.8. The van der Waals surface area contributed by atoms with Crippen molar-refractivity contribution in [1.82, 2.24) is 5.32 Å². The third kappa shape index (κ3) is 66.1. The van der Waals surface area contributed by atoms with E-state index in [1.807, 2.05) is 27.2 Å². The fraction of sp³-hybridized carbons (Fsp3) is 0.903. The average molecular weight is 1160 g/mol. The highest BCUT2D eigenvalue weighted by molar-refractivity contribution is 7.47. The van der Waals surface area contributed by atoms with E-state index in [1.165, 1.54) is 302 Å². The highest BCUT2D eigenvalue weighted by atomic mass is 31.2. The number of carbonyl (C=O) groups is 1. The van der Waals surface area contributed by atoms with E-state index in [9.17, 15) is 19.4 Å². The van der Waals surface area contributed by atoms with Crippen LogP contribution in [-0.4, -0.2) is 73.4 Å². The minimum Gasteiger partial charge on any atom is -0.387 e. The lowest BCUT2D eigenvalue weighted by atomic mass is 10.0. The Morgan fingerprint density at radius 1 is 0.407 bits per heavy atom. The number of quaternary nitrogens is 1. The van der Waals surface area contributed by atoms with Crippen molar-refractivity contribution in [1.29, 1.82) is 0 Å². The van der Waals surface area contributed by atoms with Gasteiger partial charge in [0.05, 0.1) is 39.9 Å². The SMILES string of the molecule is CCCCCCCCCCCCCCCC/C=C/CC/C=C/CC/C=C/C(O)C(COP(=O)(O)OCC[N+](C)(C)C)NC(=O)CCCCCCCCCCCCCCCCCCCCCCCCCCCCCCCCCCCCC. The fourth-order valence-electron chi connectivity index (χ4n) is 11.0. The first kappa shape index (κ1) is 79.7. The molecule has 0 saturated carbocycles. The van der Waals surface area contributed by atoms with Gasteiger partial charge in [0.2, 0.25) is 5.91 Å². The van der Waals surface area contributed by atoms with Crippen LogP contribution in [0.1, 0.15) is 367 Å². The van der Waals surface area contributed by atoms with Gasteiger partial charge in [-0.2, -0.15) is 0 Å². The lowest BCUT2D eigenvalue weighted by Crippen LogP contribution is -2.45. The molecule has 0 spiro atoms. The summed E-state index contributed by atoms with van der Waals surface area (Å²) in [5, 5.41) is 14.0. The third-order valence-corrected chi connectivity index (χ3v) is 17.6. The van der Waals surface area contributed by atoms with Crippen molar-refractivity contribution >= 4 is 13.7 Å². The molecule has 0 aliphatic heterocycles. The van der Waals surface area contributed by atoms with E-state index in [-0.39, 0.29) is 19.1 Å². The molecule has 0 saturated heterocycles. The molecule has 0 fully saturated rings. The topological polar surface area (TPSA) is 105 Å². The Bertz CT molecular complexity index is 1410. The first-order chi connectivity index (χ1) is 39.5. The molecule has 0 aliphatic rings. The number of allylic oxidation sites excluding steroid dienone is 5. The minimum atomic E-state index is -4.36. The summed E-state index contributed by atoms with van der Waals surface area (Å²) in [5.74, 6) is -0.183. The molecule has 0 aromatic rings. The van der Waals surface area contributed by atoms with E-state index in [0.29, 0.717) is 17.4 Å². The molecule has 0 bridgehead atoms. The normalized spacial score (nSPS) is 13.8. The lowest BCUT2D eigenvalue weighted by Gasteiger charge is -2.25. The predicted octanol–water partition coefficient (Wildman–Crippen LogP) is 22.8. The van der Waals surface area contributed by atoms with Gasteiger partial charge < -0.3 is 19.8 Å². The number of likely N-dealkylation sites (N-methyl/N-ethyl adjacent to an activating group) is 1. The summed E-state index contributed by atoms with van der Waals surface area (Å²) >= 11 is 0. The second kappa shape index (κ2) is 63.2. The quantitative estimate of drug-likeness (QED) is 0.0243. The molecule has 3 atom stereocenters. The molecule has 0 heterocycles. The van der Waals surface area contributed by atoms with E-state index in [4.69, 9.17) is 9.05 Å². The Kier molecular flexibility index (Phi) is 62.2. The number of amides is 1. The zero-order valence-corrected chi connectivity index (χ0v) is 55.9. The number of carbonyl (C=O) groups excluding carboxylic acids is 1. The average Bonchev–Trinajstić information content (AvgIpc) is 3.43. The molecular formula is C72H142N2O6P+. The van der Waals surface area contributed by atoms with Crippen LogP contribution in [0.4, 0.5) is 0 Å². The molecule has 3 unspecified atom stereocenters. The maximum atomic E-state index is 13.0.